The highest BCUT2D eigenvalue weighted by molar-refractivity contribution is 5.85. The van der Waals surface area contributed by atoms with Gasteiger partial charge >= 0.3 is 0 Å². The summed E-state index contributed by atoms with van der Waals surface area (Å²) in [5, 5.41) is 6.54. The monoisotopic (exact) mass is 416 g/mol. The van der Waals surface area contributed by atoms with Gasteiger partial charge in [0.05, 0.1) is 17.1 Å². The average molecular weight is 417 g/mol. The molecular formula is C19H27Cl2FN4O. The number of hydrogen-bond acceptors (Lipinski definition) is 3. The van der Waals surface area contributed by atoms with Crippen LogP contribution in [0, 0.1) is 11.7 Å². The Labute approximate surface area is 171 Å². The fraction of sp³-hybridized carbons (Fsp3) is 0.579. The lowest BCUT2D eigenvalue weighted by molar-refractivity contribution is -0.122. The van der Waals surface area contributed by atoms with Gasteiger partial charge in [-0.05, 0) is 37.3 Å². The van der Waals surface area contributed by atoms with E-state index in [0.29, 0.717) is 30.4 Å². The van der Waals surface area contributed by atoms with Crippen LogP contribution in [-0.2, 0) is 18.3 Å². The zero-order valence-corrected chi connectivity index (χ0v) is 17.0. The van der Waals surface area contributed by atoms with Gasteiger partial charge in [0.1, 0.15) is 11.6 Å². The number of nitrogens with one attached hydrogen (secondary N) is 2. The second-order valence-corrected chi connectivity index (χ2v) is 7.37. The second-order valence-electron chi connectivity index (χ2n) is 7.37. The van der Waals surface area contributed by atoms with Crippen molar-refractivity contribution in [2.24, 2.45) is 13.0 Å². The van der Waals surface area contributed by atoms with Crippen molar-refractivity contribution in [1.82, 2.24) is 20.2 Å². The van der Waals surface area contributed by atoms with E-state index >= 15 is 0 Å². The SMILES string of the molecule is Cl.Cl.Cn1c(CCNC(=O)C2CC3CCCCC3N2)nc2cc(F)ccc21. The van der Waals surface area contributed by atoms with Crippen molar-refractivity contribution in [3.8, 4) is 0 Å². The quantitative estimate of drug-likeness (QED) is 0.804. The van der Waals surface area contributed by atoms with E-state index in [0.717, 1.165) is 17.8 Å². The summed E-state index contributed by atoms with van der Waals surface area (Å²) in [5.74, 6) is 1.34. The molecule has 150 valence electrons. The average Bonchev–Trinajstić information content (AvgIpc) is 3.16. The van der Waals surface area contributed by atoms with Gasteiger partial charge < -0.3 is 15.2 Å². The molecule has 1 aromatic heterocycles. The van der Waals surface area contributed by atoms with Crippen LogP contribution in [0.4, 0.5) is 4.39 Å². The topological polar surface area (TPSA) is 59.0 Å². The van der Waals surface area contributed by atoms with Gasteiger partial charge in [-0.3, -0.25) is 4.79 Å². The zero-order chi connectivity index (χ0) is 17.4. The van der Waals surface area contributed by atoms with Crippen LogP contribution in [0.15, 0.2) is 18.2 Å². The summed E-state index contributed by atoms with van der Waals surface area (Å²) in [6, 6.07) is 5.11. The van der Waals surface area contributed by atoms with E-state index in [1.165, 1.54) is 37.8 Å². The largest absolute Gasteiger partial charge is 0.354 e. The number of imidazole rings is 1. The van der Waals surface area contributed by atoms with Gasteiger partial charge in [-0.15, -0.1) is 24.8 Å². The third-order valence-corrected chi connectivity index (χ3v) is 5.76. The molecule has 4 rings (SSSR count). The van der Waals surface area contributed by atoms with Crippen molar-refractivity contribution in [2.75, 3.05) is 6.54 Å². The summed E-state index contributed by atoms with van der Waals surface area (Å²) in [5.41, 5.74) is 1.56. The molecule has 2 heterocycles. The van der Waals surface area contributed by atoms with Crippen LogP contribution < -0.4 is 10.6 Å². The van der Waals surface area contributed by atoms with E-state index in [4.69, 9.17) is 0 Å². The minimum Gasteiger partial charge on any atom is -0.354 e. The summed E-state index contributed by atoms with van der Waals surface area (Å²) < 4.78 is 15.3. The lowest BCUT2D eigenvalue weighted by atomic mass is 9.85. The molecule has 2 fully saturated rings. The Morgan fingerprint density at radius 1 is 1.33 bits per heavy atom. The molecule has 2 N–H and O–H groups in total. The minimum atomic E-state index is -0.278. The summed E-state index contributed by atoms with van der Waals surface area (Å²) in [6.45, 7) is 0.548. The Morgan fingerprint density at radius 3 is 2.89 bits per heavy atom. The van der Waals surface area contributed by atoms with Crippen LogP contribution >= 0.6 is 24.8 Å². The van der Waals surface area contributed by atoms with Crippen LogP contribution in [0.2, 0.25) is 0 Å². The van der Waals surface area contributed by atoms with Crippen molar-refractivity contribution in [3.63, 3.8) is 0 Å². The highest BCUT2D eigenvalue weighted by Gasteiger charge is 2.37. The number of carbonyl (C=O) groups is 1. The van der Waals surface area contributed by atoms with Gasteiger partial charge in [-0.25, -0.2) is 9.37 Å². The molecule has 0 radical (unpaired) electrons. The Balaban J connectivity index is 0.00000131. The zero-order valence-electron chi connectivity index (χ0n) is 15.4. The molecule has 27 heavy (non-hydrogen) atoms. The van der Waals surface area contributed by atoms with Crippen molar-refractivity contribution in [1.29, 1.82) is 0 Å². The number of benzene rings is 1. The van der Waals surface area contributed by atoms with E-state index in [-0.39, 0.29) is 42.6 Å². The van der Waals surface area contributed by atoms with Gasteiger partial charge in [0.25, 0.3) is 0 Å². The van der Waals surface area contributed by atoms with Crippen LogP contribution in [0.5, 0.6) is 0 Å². The smallest absolute Gasteiger partial charge is 0.237 e. The van der Waals surface area contributed by atoms with Crippen LogP contribution in [0.1, 0.15) is 37.9 Å². The Kier molecular flexibility index (Phi) is 7.48. The fourth-order valence-electron chi connectivity index (χ4n) is 4.39. The maximum atomic E-state index is 13.3. The summed E-state index contributed by atoms with van der Waals surface area (Å²) in [4.78, 5) is 16.9. The molecule has 2 aliphatic rings. The van der Waals surface area contributed by atoms with Crippen molar-refractivity contribution in [3.05, 3.63) is 29.8 Å². The first-order chi connectivity index (χ1) is 12.1. The van der Waals surface area contributed by atoms with E-state index < -0.39 is 0 Å². The van der Waals surface area contributed by atoms with Gasteiger partial charge in [0.2, 0.25) is 5.91 Å². The van der Waals surface area contributed by atoms with Crippen molar-refractivity contribution in [2.45, 2.75) is 50.6 Å². The van der Waals surface area contributed by atoms with Crippen LogP contribution in [0.3, 0.4) is 0 Å². The molecular weight excluding hydrogens is 390 g/mol. The van der Waals surface area contributed by atoms with Gasteiger partial charge in [-0.2, -0.15) is 0 Å². The molecule has 8 heteroatoms. The maximum Gasteiger partial charge on any atom is 0.237 e. The first-order valence-electron chi connectivity index (χ1n) is 9.26. The highest BCUT2D eigenvalue weighted by atomic mass is 35.5. The molecule has 0 spiro atoms. The molecule has 1 saturated heterocycles. The summed E-state index contributed by atoms with van der Waals surface area (Å²) in [7, 11) is 1.92. The first-order valence-corrected chi connectivity index (χ1v) is 9.26. The van der Waals surface area contributed by atoms with Crippen LogP contribution in [-0.4, -0.2) is 34.1 Å². The Morgan fingerprint density at radius 2 is 2.11 bits per heavy atom. The third kappa shape index (κ3) is 4.55. The lowest BCUT2D eigenvalue weighted by Crippen LogP contribution is -2.43. The maximum absolute atomic E-state index is 13.3. The summed E-state index contributed by atoms with van der Waals surface area (Å²) in [6.07, 6.45) is 6.61. The van der Waals surface area contributed by atoms with E-state index in [1.54, 1.807) is 6.07 Å². The number of amides is 1. The van der Waals surface area contributed by atoms with Crippen LogP contribution in [0.25, 0.3) is 11.0 Å². The molecule has 1 aromatic carbocycles. The Bertz CT molecular complexity index is 783. The fourth-order valence-corrected chi connectivity index (χ4v) is 4.39. The second kappa shape index (κ2) is 9.22. The Hall–Kier alpha value is -1.37. The number of halogens is 3. The standard InChI is InChI=1S/C19H25FN4O.2ClH/c1-24-17-7-6-13(20)11-15(17)23-18(24)8-9-21-19(25)16-10-12-4-2-3-5-14(12)22-16;;/h6-7,11-12,14,16,22H,2-5,8-10H2,1H3,(H,21,25);2*1H. The third-order valence-electron chi connectivity index (χ3n) is 5.76. The van der Waals surface area contributed by atoms with Crippen molar-refractivity contribution < 1.29 is 9.18 Å². The number of fused-ring (bicyclic) bond motifs is 2. The first kappa shape index (κ1) is 21.9. The number of hydrogen-bond donors (Lipinski definition) is 2. The molecule has 5 nitrogen and oxygen atoms in total. The molecule has 1 aliphatic carbocycles. The molecule has 1 aliphatic heterocycles. The molecule has 1 amide bonds. The molecule has 3 atom stereocenters. The predicted molar refractivity (Wildman–Crippen MR) is 109 cm³/mol. The normalized spacial score (nSPS) is 24.0. The lowest BCUT2D eigenvalue weighted by Gasteiger charge is -2.24. The van der Waals surface area contributed by atoms with E-state index in [1.807, 2.05) is 11.6 Å². The van der Waals surface area contributed by atoms with Gasteiger partial charge in [-0.1, -0.05) is 12.8 Å². The molecule has 2 aromatic rings. The molecule has 3 unspecified atom stereocenters. The number of carbonyl (C=O) groups excluding carboxylic acids is 1. The van der Waals surface area contributed by atoms with E-state index in [9.17, 15) is 9.18 Å². The highest BCUT2D eigenvalue weighted by Crippen LogP contribution is 2.33. The van der Waals surface area contributed by atoms with E-state index in [2.05, 4.69) is 15.6 Å². The summed E-state index contributed by atoms with van der Waals surface area (Å²) >= 11 is 0. The van der Waals surface area contributed by atoms with Gasteiger partial charge in [0.15, 0.2) is 0 Å². The minimum absolute atomic E-state index is 0. The molecule has 1 saturated carbocycles. The number of aryl methyl sites for hydroxylation is 1. The van der Waals surface area contributed by atoms with Gasteiger partial charge in [0, 0.05) is 32.1 Å². The molecule has 0 bridgehead atoms. The predicted octanol–water partition coefficient (Wildman–Crippen LogP) is 3.14. The number of aromatic nitrogens is 2. The number of rotatable bonds is 4. The number of nitrogens with zero attached hydrogens (tertiary/aromatic N) is 2. The van der Waals surface area contributed by atoms with Crippen molar-refractivity contribution >= 4 is 41.8 Å².